The molecule has 3 aliphatic rings. The molecule has 0 aromatic heterocycles. The first kappa shape index (κ1) is 30.3. The molecule has 2 atom stereocenters. The summed E-state index contributed by atoms with van der Waals surface area (Å²) >= 11 is 0. The van der Waals surface area contributed by atoms with Gasteiger partial charge in [-0.25, -0.2) is 4.79 Å². The number of hydrogen-bond donors (Lipinski definition) is 3. The standard InChI is InChI=1S/C31H32N2O9S2/c1-14-30(3,4)20-12-18-22(16-8-10-17(11-9-16)29(34)41-7)19-13-21-24(33-15(2)31(21,5)6)28(44(38,39)40)26(19)42-25(18)27(23(20)32-14)43(35,36)37/h8-15,32H,1-7H3,(H,35,36,37)(H,38,39,40)/t14-,15+/m1/s1. The second-order valence-corrected chi connectivity index (χ2v) is 15.3. The molecule has 0 aliphatic carbocycles. The molecule has 0 saturated heterocycles. The summed E-state index contributed by atoms with van der Waals surface area (Å²) in [6.07, 6.45) is 0. The van der Waals surface area contributed by atoms with E-state index in [1.54, 1.807) is 24.3 Å². The van der Waals surface area contributed by atoms with E-state index in [0.29, 0.717) is 22.3 Å². The maximum Gasteiger partial charge on any atom is 0.337 e. The van der Waals surface area contributed by atoms with Gasteiger partial charge in [0.2, 0.25) is 0 Å². The molecule has 3 aromatic carbocycles. The van der Waals surface area contributed by atoms with Gasteiger partial charge in [0.15, 0.2) is 21.3 Å². The van der Waals surface area contributed by atoms with Gasteiger partial charge in [0, 0.05) is 33.2 Å². The predicted molar refractivity (Wildman–Crippen MR) is 161 cm³/mol. The average molecular weight is 641 g/mol. The summed E-state index contributed by atoms with van der Waals surface area (Å²) in [5, 5.41) is 3.45. The highest BCUT2D eigenvalue weighted by Gasteiger charge is 2.45. The summed E-state index contributed by atoms with van der Waals surface area (Å²) in [5.74, 6) is -1.20. The second kappa shape index (κ2) is 9.36. The van der Waals surface area contributed by atoms with Gasteiger partial charge in [-0.15, -0.1) is 0 Å². The highest BCUT2D eigenvalue weighted by Crippen LogP contribution is 2.52. The minimum Gasteiger partial charge on any atom is -0.465 e. The lowest BCUT2D eigenvalue weighted by Crippen LogP contribution is -2.33. The summed E-state index contributed by atoms with van der Waals surface area (Å²) < 4.78 is 84.5. The number of esters is 1. The van der Waals surface area contributed by atoms with Crippen LogP contribution in [0.15, 0.2) is 51.2 Å². The molecule has 0 radical (unpaired) electrons. The Morgan fingerprint density at radius 2 is 1.52 bits per heavy atom. The Hall–Kier alpha value is -3.78. The predicted octanol–water partition coefficient (Wildman–Crippen LogP) is 3.71. The zero-order chi connectivity index (χ0) is 32.3. The van der Waals surface area contributed by atoms with E-state index in [1.165, 1.54) is 19.2 Å². The number of nitrogens with one attached hydrogen (secondary N) is 1. The van der Waals surface area contributed by atoms with Crippen molar-refractivity contribution in [2.24, 2.45) is 4.99 Å². The molecule has 13 heteroatoms. The van der Waals surface area contributed by atoms with Crippen LogP contribution in [0.1, 0.15) is 74.2 Å². The van der Waals surface area contributed by atoms with Crippen LogP contribution in [0, 0.1) is 0 Å². The molecule has 0 spiro atoms. The van der Waals surface area contributed by atoms with Crippen molar-refractivity contribution in [2.45, 2.75) is 74.2 Å². The van der Waals surface area contributed by atoms with E-state index in [2.05, 4.69) is 10.3 Å². The number of rotatable bonds is 4. The first-order chi connectivity index (χ1) is 20.3. The minimum absolute atomic E-state index is 0.0232. The first-order valence-electron chi connectivity index (χ1n) is 13.9. The summed E-state index contributed by atoms with van der Waals surface area (Å²) in [5.41, 5.74) is 1.48. The van der Waals surface area contributed by atoms with Crippen molar-refractivity contribution in [2.75, 3.05) is 12.4 Å². The van der Waals surface area contributed by atoms with Crippen molar-refractivity contribution in [1.82, 2.24) is 0 Å². The Morgan fingerprint density at radius 3 is 2.09 bits per heavy atom. The van der Waals surface area contributed by atoms with Crippen molar-refractivity contribution in [3.63, 3.8) is 0 Å². The van der Waals surface area contributed by atoms with Crippen molar-refractivity contribution in [3.05, 3.63) is 74.8 Å². The van der Waals surface area contributed by atoms with Crippen LogP contribution in [0.3, 0.4) is 0 Å². The Bertz CT molecular complexity index is 2150. The van der Waals surface area contributed by atoms with Gasteiger partial charge >= 0.3 is 5.97 Å². The molecule has 44 heavy (non-hydrogen) atoms. The third kappa shape index (κ3) is 4.20. The zero-order valence-electron chi connectivity index (χ0n) is 25.1. The second-order valence-electron chi connectivity index (χ2n) is 12.6. The quantitative estimate of drug-likeness (QED) is 0.221. The zero-order valence-corrected chi connectivity index (χ0v) is 26.8. The van der Waals surface area contributed by atoms with E-state index in [4.69, 9.17) is 9.47 Å². The fourth-order valence-corrected chi connectivity index (χ4v) is 7.87. The molecular formula is C31H32N2O9S2. The number of anilines is 1. The highest BCUT2D eigenvalue weighted by atomic mass is 32.2. The number of methoxy groups -OCH3 is 1. The lowest BCUT2D eigenvalue weighted by molar-refractivity contribution is 0.0600. The van der Waals surface area contributed by atoms with E-state index in [0.717, 1.165) is 0 Å². The SMILES string of the molecule is COC(=O)c1ccc(C2=c3cc4c(c(S(=O)(=O)O)c3Oc3c2cc2c(c3S(=O)(=O)O)N[C@H](C)C2(C)C)=N[C@@H](C)C4(C)C)cc1. The fraction of sp³-hybridized carbons (Fsp3) is 0.355. The molecule has 0 fully saturated rings. The van der Waals surface area contributed by atoms with Crippen LogP contribution in [-0.4, -0.2) is 51.1 Å². The summed E-state index contributed by atoms with van der Waals surface area (Å²) in [6, 6.07) is 9.25. The molecule has 3 N–H and O–H groups in total. The van der Waals surface area contributed by atoms with Crippen LogP contribution in [0.25, 0.3) is 5.57 Å². The molecule has 3 heterocycles. The first-order valence-corrected chi connectivity index (χ1v) is 16.8. The third-order valence-electron chi connectivity index (χ3n) is 9.50. The topological polar surface area (TPSA) is 169 Å². The van der Waals surface area contributed by atoms with E-state index in [-0.39, 0.29) is 51.0 Å². The van der Waals surface area contributed by atoms with Crippen LogP contribution >= 0.6 is 0 Å². The number of nitrogens with zero attached hydrogens (tertiary/aromatic N) is 1. The van der Waals surface area contributed by atoms with E-state index in [9.17, 15) is 30.7 Å². The maximum atomic E-state index is 13.1. The molecule has 6 rings (SSSR count). The molecule has 0 amide bonds. The monoisotopic (exact) mass is 640 g/mol. The Balaban J connectivity index is 1.86. The van der Waals surface area contributed by atoms with Crippen molar-refractivity contribution >= 4 is 37.5 Å². The largest absolute Gasteiger partial charge is 0.465 e. The van der Waals surface area contributed by atoms with Crippen LogP contribution in [0.5, 0.6) is 11.5 Å². The molecule has 0 bridgehead atoms. The molecule has 11 nitrogen and oxygen atoms in total. The highest BCUT2D eigenvalue weighted by molar-refractivity contribution is 7.86. The van der Waals surface area contributed by atoms with Crippen LogP contribution in [0.2, 0.25) is 0 Å². The molecule has 232 valence electrons. The number of fused-ring (bicyclic) bond motifs is 4. The van der Waals surface area contributed by atoms with Crippen molar-refractivity contribution in [3.8, 4) is 11.5 Å². The summed E-state index contributed by atoms with van der Waals surface area (Å²) in [6.45, 7) is 11.4. The Morgan fingerprint density at radius 1 is 0.909 bits per heavy atom. The van der Waals surface area contributed by atoms with E-state index in [1.807, 2.05) is 41.5 Å². The van der Waals surface area contributed by atoms with Gasteiger partial charge in [0.25, 0.3) is 20.2 Å². The van der Waals surface area contributed by atoms with Gasteiger partial charge in [0.05, 0.1) is 29.8 Å². The van der Waals surface area contributed by atoms with Gasteiger partial charge in [-0.3, -0.25) is 14.1 Å². The van der Waals surface area contributed by atoms with Crippen LogP contribution in [0.4, 0.5) is 5.69 Å². The van der Waals surface area contributed by atoms with Gasteiger partial charge < -0.3 is 14.8 Å². The number of carbonyl (C=O) groups is 1. The maximum absolute atomic E-state index is 13.1. The minimum atomic E-state index is -4.98. The molecule has 3 aliphatic heterocycles. The van der Waals surface area contributed by atoms with Gasteiger partial charge in [-0.2, -0.15) is 16.8 Å². The Labute approximate surface area is 255 Å². The normalized spacial score (nSPS) is 20.8. The Kier molecular flexibility index (Phi) is 6.44. The number of hydrogen-bond acceptors (Lipinski definition) is 9. The fourth-order valence-electron chi connectivity index (χ4n) is 6.26. The van der Waals surface area contributed by atoms with Crippen LogP contribution < -0.4 is 20.6 Å². The molecule has 3 aromatic rings. The lowest BCUT2D eigenvalue weighted by atomic mass is 9.78. The average Bonchev–Trinajstić information content (AvgIpc) is 3.28. The van der Waals surface area contributed by atoms with Gasteiger partial charge in [-0.1, -0.05) is 39.8 Å². The molecule has 0 saturated carbocycles. The van der Waals surface area contributed by atoms with Gasteiger partial charge in [0.1, 0.15) is 0 Å². The smallest absolute Gasteiger partial charge is 0.337 e. The van der Waals surface area contributed by atoms with Crippen LogP contribution in [-0.2, 0) is 35.8 Å². The molecule has 0 unspecified atom stereocenters. The third-order valence-corrected chi connectivity index (χ3v) is 11.3. The number of benzene rings is 3. The van der Waals surface area contributed by atoms with Crippen molar-refractivity contribution in [1.29, 1.82) is 0 Å². The number of carbonyl (C=O) groups excluding carboxylic acids is 1. The lowest BCUT2D eigenvalue weighted by Gasteiger charge is -2.29. The van der Waals surface area contributed by atoms with Gasteiger partial charge in [-0.05, 0) is 54.8 Å². The van der Waals surface area contributed by atoms with E-state index >= 15 is 0 Å². The number of ether oxygens (including phenoxy) is 2. The molecular weight excluding hydrogens is 608 g/mol. The summed E-state index contributed by atoms with van der Waals surface area (Å²) in [7, 11) is -8.68. The van der Waals surface area contributed by atoms with E-state index < -0.39 is 46.8 Å². The summed E-state index contributed by atoms with van der Waals surface area (Å²) in [4.78, 5) is 15.6. The van der Waals surface area contributed by atoms with Crippen molar-refractivity contribution < 1.29 is 40.2 Å².